The maximum atomic E-state index is 14.0. The van der Waals surface area contributed by atoms with Crippen LogP contribution in [-0.2, 0) is 46.8 Å². The van der Waals surface area contributed by atoms with Crippen molar-refractivity contribution in [1.29, 1.82) is 0 Å². The van der Waals surface area contributed by atoms with Crippen LogP contribution < -0.4 is 21.7 Å². The second kappa shape index (κ2) is 15.3. The highest BCUT2D eigenvalue weighted by Gasteiger charge is 2.64. The summed E-state index contributed by atoms with van der Waals surface area (Å²) < 4.78 is 7.55. The number of pyridine rings is 1. The van der Waals surface area contributed by atoms with Crippen molar-refractivity contribution in [3.8, 4) is 11.1 Å². The number of carbonyl (C=O) groups excluding carboxylic acids is 2. The first-order valence-corrected chi connectivity index (χ1v) is 19.1. The van der Waals surface area contributed by atoms with Crippen molar-refractivity contribution >= 4 is 28.5 Å². The van der Waals surface area contributed by atoms with Crippen molar-refractivity contribution in [2.24, 2.45) is 17.1 Å². The molecule has 4 aromatic rings. The molecule has 2 saturated heterocycles. The molecule has 1 saturated carbocycles. The maximum Gasteiger partial charge on any atom is 0.236 e. The SMILES string of the molecule is CCc1nc2c(cnn2CC)c(NC2CCOCC2)c1CC1CC1(C(N)=O)C(=O)NCc1ccc(C)c(-c2cccc(CN3CCNC[C@H]3C)c2)c1. The first kappa shape index (κ1) is 36.1. The number of piperazine rings is 1. The van der Waals surface area contributed by atoms with Crippen LogP contribution in [0.25, 0.3) is 22.2 Å². The molecule has 5 N–H and O–H groups in total. The van der Waals surface area contributed by atoms with Crippen LogP contribution in [0.3, 0.4) is 0 Å². The fourth-order valence-electron chi connectivity index (χ4n) is 8.26. The van der Waals surface area contributed by atoms with Crippen molar-refractivity contribution < 1.29 is 14.3 Å². The largest absolute Gasteiger partial charge is 0.381 e. The minimum Gasteiger partial charge on any atom is -0.381 e. The topological polar surface area (TPSA) is 139 Å². The summed E-state index contributed by atoms with van der Waals surface area (Å²) in [5.41, 5.74) is 14.4. The molecule has 11 heteroatoms. The summed E-state index contributed by atoms with van der Waals surface area (Å²) in [6.45, 7) is 15.0. The number of ether oxygens (including phenoxy) is 1. The lowest BCUT2D eigenvalue weighted by molar-refractivity contribution is -0.136. The Labute approximate surface area is 307 Å². The van der Waals surface area contributed by atoms with Crippen molar-refractivity contribution in [2.75, 3.05) is 38.2 Å². The van der Waals surface area contributed by atoms with Gasteiger partial charge in [-0.25, -0.2) is 9.67 Å². The highest BCUT2D eigenvalue weighted by Crippen LogP contribution is 2.55. The summed E-state index contributed by atoms with van der Waals surface area (Å²) in [7, 11) is 0. The number of nitrogens with zero attached hydrogens (tertiary/aromatic N) is 4. The van der Waals surface area contributed by atoms with Crippen LogP contribution in [0.15, 0.2) is 48.7 Å². The van der Waals surface area contributed by atoms with Crippen LogP contribution in [0.1, 0.15) is 68.0 Å². The smallest absolute Gasteiger partial charge is 0.236 e. The van der Waals surface area contributed by atoms with Gasteiger partial charge in [0.25, 0.3) is 0 Å². The zero-order valence-electron chi connectivity index (χ0n) is 31.1. The van der Waals surface area contributed by atoms with Gasteiger partial charge in [-0.2, -0.15) is 5.10 Å². The van der Waals surface area contributed by atoms with Gasteiger partial charge in [0.05, 0.1) is 17.3 Å². The van der Waals surface area contributed by atoms with E-state index in [1.54, 1.807) is 0 Å². The molecule has 276 valence electrons. The van der Waals surface area contributed by atoms with Crippen LogP contribution in [0, 0.1) is 18.3 Å². The molecule has 2 unspecified atom stereocenters. The lowest BCUT2D eigenvalue weighted by Gasteiger charge is -2.34. The van der Waals surface area contributed by atoms with Gasteiger partial charge >= 0.3 is 0 Å². The Morgan fingerprint density at radius 1 is 1.12 bits per heavy atom. The van der Waals surface area contributed by atoms with Crippen LogP contribution >= 0.6 is 0 Å². The van der Waals surface area contributed by atoms with Gasteiger partial charge in [-0.1, -0.05) is 37.3 Å². The molecule has 11 nitrogen and oxygen atoms in total. The molecule has 0 radical (unpaired) electrons. The molecular formula is C41H54N8O3. The molecule has 2 amide bonds. The molecule has 2 aliphatic heterocycles. The molecular weight excluding hydrogens is 653 g/mol. The number of amides is 2. The predicted octanol–water partition coefficient (Wildman–Crippen LogP) is 4.72. The molecule has 3 fully saturated rings. The fraction of sp³-hybridized carbons (Fsp3) is 0.512. The zero-order chi connectivity index (χ0) is 36.4. The van der Waals surface area contributed by atoms with Gasteiger partial charge in [0.1, 0.15) is 5.41 Å². The summed E-state index contributed by atoms with van der Waals surface area (Å²) in [6, 6.07) is 15.8. The van der Waals surface area contributed by atoms with Crippen molar-refractivity contribution in [2.45, 2.75) is 91.5 Å². The normalized spacial score (nSPS) is 22.4. The molecule has 0 spiro atoms. The summed E-state index contributed by atoms with van der Waals surface area (Å²) >= 11 is 0. The molecule has 2 aromatic heterocycles. The number of aromatic nitrogens is 3. The first-order chi connectivity index (χ1) is 25.2. The monoisotopic (exact) mass is 706 g/mol. The minimum atomic E-state index is -1.26. The lowest BCUT2D eigenvalue weighted by Crippen LogP contribution is -2.49. The van der Waals surface area contributed by atoms with Gasteiger partial charge in [0.2, 0.25) is 11.8 Å². The van der Waals surface area contributed by atoms with E-state index in [-0.39, 0.29) is 17.9 Å². The number of aryl methyl sites for hydroxylation is 3. The molecule has 4 heterocycles. The van der Waals surface area contributed by atoms with Crippen molar-refractivity contribution in [3.63, 3.8) is 0 Å². The molecule has 2 aromatic carbocycles. The average Bonchev–Trinajstić information content (AvgIpc) is 3.75. The summed E-state index contributed by atoms with van der Waals surface area (Å²) in [5, 5.41) is 16.0. The number of hydrogen-bond donors (Lipinski definition) is 4. The quantitative estimate of drug-likeness (QED) is 0.147. The highest BCUT2D eigenvalue weighted by atomic mass is 16.5. The molecule has 0 bridgehead atoms. The number of rotatable bonds is 13. The van der Waals surface area contributed by atoms with Crippen LogP contribution in [-0.4, -0.2) is 76.4 Å². The minimum absolute atomic E-state index is 0.222. The van der Waals surface area contributed by atoms with E-state index in [0.717, 1.165) is 90.1 Å². The van der Waals surface area contributed by atoms with Gasteiger partial charge in [-0.05, 0) is 104 Å². The Morgan fingerprint density at radius 2 is 1.94 bits per heavy atom. The summed E-state index contributed by atoms with van der Waals surface area (Å²) in [4.78, 5) is 34.7. The van der Waals surface area contributed by atoms with Gasteiger partial charge in [-0.15, -0.1) is 0 Å². The maximum absolute atomic E-state index is 14.0. The van der Waals surface area contributed by atoms with Crippen molar-refractivity contribution in [3.05, 3.63) is 76.6 Å². The van der Waals surface area contributed by atoms with E-state index in [4.69, 9.17) is 15.5 Å². The number of primary amides is 1. The Kier molecular flexibility index (Phi) is 10.6. The second-order valence-electron chi connectivity index (χ2n) is 15.0. The van der Waals surface area contributed by atoms with E-state index in [9.17, 15) is 9.59 Å². The van der Waals surface area contributed by atoms with Crippen LogP contribution in [0.4, 0.5) is 5.69 Å². The first-order valence-electron chi connectivity index (χ1n) is 19.1. The summed E-state index contributed by atoms with van der Waals surface area (Å²) in [5.74, 6) is -1.09. The third kappa shape index (κ3) is 7.18. The third-order valence-corrected chi connectivity index (χ3v) is 11.6. The number of benzene rings is 2. The van der Waals surface area contributed by atoms with Crippen LogP contribution in [0.2, 0.25) is 0 Å². The third-order valence-electron chi connectivity index (χ3n) is 11.6. The van der Waals surface area contributed by atoms with Gasteiger partial charge in [0.15, 0.2) is 5.65 Å². The molecule has 1 aliphatic carbocycles. The fourth-order valence-corrected chi connectivity index (χ4v) is 8.26. The predicted molar refractivity (Wildman–Crippen MR) is 205 cm³/mol. The van der Waals surface area contributed by atoms with E-state index in [0.29, 0.717) is 45.2 Å². The van der Waals surface area contributed by atoms with E-state index in [2.05, 4.69) is 90.0 Å². The standard InChI is InChI=1S/C41H54N8O3/c1-5-36-34(37(46-32-12-16-52-17-13-32)35-24-45-49(6-2)38(35)47-36)20-31-21-41(31,39(42)50)40(51)44-23-28-11-10-26(3)33(19-28)30-9-7-8-29(18-30)25-48-15-14-43-22-27(48)4/h7-11,18-19,24,27,31-32,43H,5-6,12-17,20-23,25H2,1-4H3,(H2,42,50)(H,44,51)(H,46,47)/t27-,31?,41?/m1/s1. The molecule has 3 atom stereocenters. The molecule has 3 aliphatic rings. The van der Waals surface area contributed by atoms with E-state index in [1.807, 2.05) is 16.9 Å². The van der Waals surface area contributed by atoms with Gasteiger partial charge < -0.3 is 26.4 Å². The van der Waals surface area contributed by atoms with E-state index < -0.39 is 11.3 Å². The number of fused-ring (bicyclic) bond motifs is 1. The number of hydrogen-bond acceptors (Lipinski definition) is 8. The number of carbonyl (C=O) groups is 2. The molecule has 7 rings (SSSR count). The second-order valence-corrected chi connectivity index (χ2v) is 15.0. The highest BCUT2D eigenvalue weighted by molar-refractivity contribution is 6.08. The molecule has 52 heavy (non-hydrogen) atoms. The Balaban J connectivity index is 1.09. The number of nitrogens with two attached hydrogens (primary N) is 1. The van der Waals surface area contributed by atoms with Crippen molar-refractivity contribution in [1.82, 2.24) is 30.3 Å². The van der Waals surface area contributed by atoms with Gasteiger partial charge in [-0.3, -0.25) is 14.5 Å². The zero-order valence-corrected chi connectivity index (χ0v) is 31.1. The Bertz CT molecular complexity index is 1930. The Hall–Kier alpha value is -4.32. The lowest BCUT2D eigenvalue weighted by atomic mass is 9.93. The van der Waals surface area contributed by atoms with E-state index >= 15 is 0 Å². The van der Waals surface area contributed by atoms with E-state index in [1.165, 1.54) is 11.1 Å². The average molecular weight is 707 g/mol. The number of nitrogens with one attached hydrogen (secondary N) is 3. The number of anilines is 1. The Morgan fingerprint density at radius 3 is 2.69 bits per heavy atom. The summed E-state index contributed by atoms with van der Waals surface area (Å²) in [6.07, 6.45) is 5.37. The van der Waals surface area contributed by atoms with Gasteiger partial charge in [0, 0.05) is 70.3 Å². The van der Waals surface area contributed by atoms with Crippen LogP contribution in [0.5, 0.6) is 0 Å².